The molecule has 0 aliphatic heterocycles. The Morgan fingerprint density at radius 3 is 2.43 bits per heavy atom. The molecule has 1 aliphatic rings. The van der Waals surface area contributed by atoms with Gasteiger partial charge >= 0.3 is 5.97 Å². The van der Waals surface area contributed by atoms with E-state index in [1.165, 1.54) is 4.90 Å². The maximum Gasteiger partial charge on any atom is 0.306 e. The van der Waals surface area contributed by atoms with Gasteiger partial charge < -0.3 is 15.3 Å². The van der Waals surface area contributed by atoms with Gasteiger partial charge in [-0.15, -0.1) is 0 Å². The van der Waals surface area contributed by atoms with Crippen molar-refractivity contribution in [1.29, 1.82) is 0 Å². The van der Waals surface area contributed by atoms with Crippen LogP contribution in [0.3, 0.4) is 0 Å². The van der Waals surface area contributed by atoms with Crippen LogP contribution in [-0.2, 0) is 14.4 Å². The van der Waals surface area contributed by atoms with Gasteiger partial charge in [0, 0.05) is 19.5 Å². The highest BCUT2D eigenvalue weighted by molar-refractivity contribution is 5.86. The number of amides is 2. The molecule has 0 aromatic rings. The molecule has 1 saturated carbocycles. The lowest BCUT2D eigenvalue weighted by atomic mass is 9.81. The summed E-state index contributed by atoms with van der Waals surface area (Å²) in [6.07, 6.45) is 2.48. The van der Waals surface area contributed by atoms with Crippen molar-refractivity contribution in [2.75, 3.05) is 20.1 Å². The van der Waals surface area contributed by atoms with Crippen LogP contribution in [0.5, 0.6) is 0 Å². The minimum absolute atomic E-state index is 0.0276. The Hall–Kier alpha value is -1.59. The summed E-state index contributed by atoms with van der Waals surface area (Å²) in [6.45, 7) is 4.62. The molecule has 1 fully saturated rings. The molecule has 0 radical (unpaired) electrons. The van der Waals surface area contributed by atoms with Crippen LogP contribution >= 0.6 is 0 Å². The van der Waals surface area contributed by atoms with Crippen molar-refractivity contribution in [3.05, 3.63) is 0 Å². The average Bonchev–Trinajstić information content (AvgIpc) is 2.44. The Morgan fingerprint density at radius 1 is 1.24 bits per heavy atom. The van der Waals surface area contributed by atoms with E-state index in [0.717, 1.165) is 6.42 Å². The highest BCUT2D eigenvalue weighted by atomic mass is 16.4. The van der Waals surface area contributed by atoms with E-state index in [4.69, 9.17) is 5.11 Å². The molecule has 21 heavy (non-hydrogen) atoms. The van der Waals surface area contributed by atoms with Crippen LogP contribution < -0.4 is 5.32 Å². The molecule has 2 amide bonds. The minimum Gasteiger partial charge on any atom is -0.481 e. The standard InChI is InChI=1S/C15H26N2O4/c1-10(2)8-16-13(18)9-17(3)14(19)11-5-4-6-12(7-11)15(20)21/h10-12H,4-9H2,1-3H3,(H,16,18)(H,20,21). The van der Waals surface area contributed by atoms with E-state index >= 15 is 0 Å². The molecule has 1 rings (SSSR count). The third-order valence-corrected chi connectivity index (χ3v) is 3.84. The van der Waals surface area contributed by atoms with Gasteiger partial charge in [-0.1, -0.05) is 20.3 Å². The summed E-state index contributed by atoms with van der Waals surface area (Å²) in [7, 11) is 1.60. The number of likely N-dealkylation sites (N-methyl/N-ethyl adjacent to an activating group) is 1. The van der Waals surface area contributed by atoms with Crippen LogP contribution in [0, 0.1) is 17.8 Å². The molecule has 0 saturated heterocycles. The lowest BCUT2D eigenvalue weighted by Crippen LogP contribution is -2.43. The van der Waals surface area contributed by atoms with Gasteiger partial charge in [0.05, 0.1) is 12.5 Å². The van der Waals surface area contributed by atoms with Crippen LogP contribution in [0.2, 0.25) is 0 Å². The van der Waals surface area contributed by atoms with Gasteiger partial charge in [0.15, 0.2) is 0 Å². The maximum atomic E-state index is 12.3. The number of nitrogens with one attached hydrogen (secondary N) is 1. The van der Waals surface area contributed by atoms with Crippen LogP contribution in [0.4, 0.5) is 0 Å². The molecule has 0 heterocycles. The zero-order valence-corrected chi connectivity index (χ0v) is 13.1. The first-order chi connectivity index (χ1) is 9.81. The Balaban J connectivity index is 2.46. The summed E-state index contributed by atoms with van der Waals surface area (Å²) in [4.78, 5) is 36.4. The molecule has 0 aromatic heterocycles. The number of carboxylic acid groups (broad SMARTS) is 1. The zero-order chi connectivity index (χ0) is 16.0. The van der Waals surface area contributed by atoms with Gasteiger partial charge in [0.2, 0.25) is 11.8 Å². The average molecular weight is 298 g/mol. The summed E-state index contributed by atoms with van der Waals surface area (Å²) in [5, 5.41) is 11.8. The summed E-state index contributed by atoms with van der Waals surface area (Å²) in [5.41, 5.74) is 0. The van der Waals surface area contributed by atoms with Crippen LogP contribution in [-0.4, -0.2) is 47.9 Å². The molecule has 2 atom stereocenters. The number of carbonyl (C=O) groups excluding carboxylic acids is 2. The molecule has 2 unspecified atom stereocenters. The van der Waals surface area contributed by atoms with Gasteiger partial charge in [-0.25, -0.2) is 0 Å². The fourth-order valence-corrected chi connectivity index (χ4v) is 2.62. The normalized spacial score (nSPS) is 21.9. The van der Waals surface area contributed by atoms with Crippen LogP contribution in [0.1, 0.15) is 39.5 Å². The van der Waals surface area contributed by atoms with Crippen molar-refractivity contribution >= 4 is 17.8 Å². The highest BCUT2D eigenvalue weighted by Crippen LogP contribution is 2.30. The SMILES string of the molecule is CC(C)CNC(=O)CN(C)C(=O)C1CCCC(C(=O)O)C1. The van der Waals surface area contributed by atoms with Crippen molar-refractivity contribution in [3.63, 3.8) is 0 Å². The number of hydrogen-bond acceptors (Lipinski definition) is 3. The van der Waals surface area contributed by atoms with Gasteiger partial charge in [0.25, 0.3) is 0 Å². The Bertz CT molecular complexity index is 395. The Labute approximate surface area is 125 Å². The number of carbonyl (C=O) groups is 3. The second-order valence-corrected chi connectivity index (χ2v) is 6.29. The number of rotatable bonds is 6. The summed E-state index contributed by atoms with van der Waals surface area (Å²) < 4.78 is 0. The lowest BCUT2D eigenvalue weighted by molar-refractivity contribution is -0.146. The fourth-order valence-electron chi connectivity index (χ4n) is 2.62. The summed E-state index contributed by atoms with van der Waals surface area (Å²) in [5.74, 6) is -1.47. The first-order valence-electron chi connectivity index (χ1n) is 7.55. The lowest BCUT2D eigenvalue weighted by Gasteiger charge is -2.29. The van der Waals surface area contributed by atoms with E-state index in [2.05, 4.69) is 5.32 Å². The summed E-state index contributed by atoms with van der Waals surface area (Å²) >= 11 is 0. The topological polar surface area (TPSA) is 86.7 Å². The van der Waals surface area contributed by atoms with Crippen molar-refractivity contribution in [1.82, 2.24) is 10.2 Å². The molecule has 6 heteroatoms. The molecular weight excluding hydrogens is 272 g/mol. The van der Waals surface area contributed by atoms with Crippen LogP contribution in [0.25, 0.3) is 0 Å². The molecule has 120 valence electrons. The second-order valence-electron chi connectivity index (χ2n) is 6.29. The first-order valence-corrected chi connectivity index (χ1v) is 7.55. The van der Waals surface area contributed by atoms with Gasteiger partial charge in [-0.3, -0.25) is 14.4 Å². The van der Waals surface area contributed by atoms with Gasteiger partial charge in [-0.05, 0) is 25.2 Å². The van der Waals surface area contributed by atoms with E-state index in [1.807, 2.05) is 13.8 Å². The number of hydrogen-bond donors (Lipinski definition) is 2. The highest BCUT2D eigenvalue weighted by Gasteiger charge is 2.32. The third kappa shape index (κ3) is 5.73. The number of aliphatic carboxylic acids is 1. The first kappa shape index (κ1) is 17.5. The third-order valence-electron chi connectivity index (χ3n) is 3.84. The number of nitrogens with zero attached hydrogens (tertiary/aromatic N) is 1. The molecule has 0 aromatic carbocycles. The largest absolute Gasteiger partial charge is 0.481 e. The van der Waals surface area contributed by atoms with Gasteiger partial charge in [-0.2, -0.15) is 0 Å². The molecule has 0 spiro atoms. The molecule has 6 nitrogen and oxygen atoms in total. The molecule has 2 N–H and O–H groups in total. The number of carboxylic acids is 1. The molecule has 0 bridgehead atoms. The smallest absolute Gasteiger partial charge is 0.306 e. The van der Waals surface area contributed by atoms with E-state index in [1.54, 1.807) is 7.05 Å². The Kier molecular flexibility index (Phi) is 6.65. The monoisotopic (exact) mass is 298 g/mol. The zero-order valence-electron chi connectivity index (χ0n) is 13.1. The predicted octanol–water partition coefficient (Wildman–Crippen LogP) is 1.11. The quantitative estimate of drug-likeness (QED) is 0.769. The summed E-state index contributed by atoms with van der Waals surface area (Å²) in [6, 6.07) is 0. The van der Waals surface area contributed by atoms with Crippen molar-refractivity contribution in [2.24, 2.45) is 17.8 Å². The fraction of sp³-hybridized carbons (Fsp3) is 0.800. The van der Waals surface area contributed by atoms with E-state index in [-0.39, 0.29) is 24.3 Å². The van der Waals surface area contributed by atoms with Crippen molar-refractivity contribution in [2.45, 2.75) is 39.5 Å². The van der Waals surface area contributed by atoms with Crippen molar-refractivity contribution in [3.8, 4) is 0 Å². The molecule has 1 aliphatic carbocycles. The van der Waals surface area contributed by atoms with E-state index in [0.29, 0.717) is 31.7 Å². The van der Waals surface area contributed by atoms with Gasteiger partial charge in [0.1, 0.15) is 0 Å². The second kappa shape index (κ2) is 8.00. The minimum atomic E-state index is -0.829. The Morgan fingerprint density at radius 2 is 1.86 bits per heavy atom. The van der Waals surface area contributed by atoms with E-state index < -0.39 is 11.9 Å². The maximum absolute atomic E-state index is 12.3. The molecular formula is C15H26N2O4. The predicted molar refractivity (Wildman–Crippen MR) is 78.6 cm³/mol. The van der Waals surface area contributed by atoms with E-state index in [9.17, 15) is 14.4 Å². The van der Waals surface area contributed by atoms with Crippen molar-refractivity contribution < 1.29 is 19.5 Å². The van der Waals surface area contributed by atoms with Crippen LogP contribution in [0.15, 0.2) is 0 Å².